The number of benzene rings is 12. The molecule has 4 heterocycles. The lowest BCUT2D eigenvalue weighted by atomic mass is 9.35. The predicted octanol–water partition coefficient (Wildman–Crippen LogP) is 14.3. The molecule has 0 unspecified atom stereocenters. The van der Waals surface area contributed by atoms with Gasteiger partial charge < -0.3 is 19.3 Å². The molecule has 0 saturated heterocycles. The number of hydrogen-bond donors (Lipinski definition) is 0. The van der Waals surface area contributed by atoms with Gasteiger partial charge >= 0.3 is 0 Å². The van der Waals surface area contributed by atoms with E-state index in [9.17, 15) is 0 Å². The second-order valence-corrected chi connectivity index (χ2v) is 21.7. The SMILES string of the molecule is c1ccc(N(c2ccccc2)c2cc3c4c(c2)Sc2ccccc2B4c2cc4c5ccccc5c5cc6c(cc5c4cc2O3)Oc2cc(N(c3ccccc3)c3ccccc3)cc3c2B6c2ccccc2S3)cc1. The van der Waals surface area contributed by atoms with Crippen LogP contribution < -0.4 is 52.1 Å². The molecule has 4 aliphatic heterocycles. The molecule has 8 heteroatoms. The molecule has 16 rings (SSSR count). The Balaban J connectivity index is 0.912. The first-order valence-electron chi connectivity index (χ1n) is 25.2. The van der Waals surface area contributed by atoms with Crippen molar-refractivity contribution in [1.82, 2.24) is 0 Å². The van der Waals surface area contributed by atoms with Crippen LogP contribution >= 0.6 is 23.5 Å². The highest BCUT2D eigenvalue weighted by molar-refractivity contribution is 8.00. The summed E-state index contributed by atoms with van der Waals surface area (Å²) in [4.78, 5) is 9.63. The van der Waals surface area contributed by atoms with Crippen molar-refractivity contribution in [1.29, 1.82) is 0 Å². The van der Waals surface area contributed by atoms with Gasteiger partial charge in [-0.15, -0.1) is 0 Å². The van der Waals surface area contributed by atoms with E-state index < -0.39 is 0 Å². The van der Waals surface area contributed by atoms with Gasteiger partial charge in [0.05, 0.1) is 11.4 Å². The molecule has 0 atom stereocenters. The van der Waals surface area contributed by atoms with Crippen molar-refractivity contribution in [3.8, 4) is 23.0 Å². The minimum atomic E-state index is -0.0154. The third-order valence-electron chi connectivity index (χ3n) is 15.4. The van der Waals surface area contributed by atoms with Crippen LogP contribution in [-0.2, 0) is 0 Å². The fraction of sp³-hybridized carbons (Fsp3) is 0. The molecule has 0 spiro atoms. The molecule has 4 aliphatic rings. The smallest absolute Gasteiger partial charge is 0.253 e. The molecule has 0 radical (unpaired) electrons. The summed E-state index contributed by atoms with van der Waals surface area (Å²) in [5.41, 5.74) is 13.9. The van der Waals surface area contributed by atoms with E-state index in [1.54, 1.807) is 0 Å². The van der Waals surface area contributed by atoms with Crippen LogP contribution in [0.2, 0.25) is 0 Å². The van der Waals surface area contributed by atoms with Gasteiger partial charge in [0, 0.05) is 54.5 Å². The maximum atomic E-state index is 7.35. The normalized spacial score (nSPS) is 13.2. The molecule has 0 aliphatic carbocycles. The number of rotatable bonds is 6. The molecular weight excluding hydrogens is 938 g/mol. The Morgan fingerprint density at radius 2 is 0.595 bits per heavy atom. The van der Waals surface area contributed by atoms with Crippen molar-refractivity contribution in [2.75, 3.05) is 9.80 Å². The first-order valence-corrected chi connectivity index (χ1v) is 26.8. The van der Waals surface area contributed by atoms with E-state index in [-0.39, 0.29) is 13.4 Å². The minimum absolute atomic E-state index is 0.0154. The molecule has 74 heavy (non-hydrogen) atoms. The van der Waals surface area contributed by atoms with Gasteiger partial charge in [-0.3, -0.25) is 0 Å². The highest BCUT2D eigenvalue weighted by Crippen LogP contribution is 2.48. The van der Waals surface area contributed by atoms with Crippen molar-refractivity contribution in [2.24, 2.45) is 0 Å². The molecule has 0 saturated carbocycles. The zero-order valence-electron chi connectivity index (χ0n) is 39.8. The van der Waals surface area contributed by atoms with Crippen LogP contribution in [-0.4, -0.2) is 13.4 Å². The Morgan fingerprint density at radius 3 is 0.986 bits per heavy atom. The molecule has 0 fully saturated rings. The summed E-state index contributed by atoms with van der Waals surface area (Å²) in [6.07, 6.45) is 0. The average molecular weight is 979 g/mol. The van der Waals surface area contributed by atoms with Crippen LogP contribution in [0.3, 0.4) is 0 Å². The minimum Gasteiger partial charge on any atom is -0.458 e. The van der Waals surface area contributed by atoms with Crippen LogP contribution in [0, 0.1) is 0 Å². The molecule has 0 amide bonds. The van der Waals surface area contributed by atoms with E-state index in [0.717, 1.165) is 67.9 Å². The Morgan fingerprint density at radius 1 is 0.257 bits per heavy atom. The fourth-order valence-electron chi connectivity index (χ4n) is 12.3. The van der Waals surface area contributed by atoms with Crippen LogP contribution in [0.1, 0.15) is 0 Å². The third kappa shape index (κ3) is 6.41. The topological polar surface area (TPSA) is 24.9 Å². The third-order valence-corrected chi connectivity index (χ3v) is 17.7. The highest BCUT2D eigenvalue weighted by atomic mass is 32.2. The highest BCUT2D eigenvalue weighted by Gasteiger charge is 2.42. The predicted molar refractivity (Wildman–Crippen MR) is 312 cm³/mol. The van der Waals surface area contributed by atoms with Gasteiger partial charge in [-0.2, -0.15) is 0 Å². The molecule has 0 N–H and O–H groups in total. The van der Waals surface area contributed by atoms with E-state index in [1.165, 1.54) is 73.9 Å². The summed E-state index contributed by atoms with van der Waals surface area (Å²) in [7, 11) is 0. The fourth-order valence-corrected chi connectivity index (χ4v) is 14.7. The van der Waals surface area contributed by atoms with Gasteiger partial charge in [-0.25, -0.2) is 0 Å². The molecular formula is C66H40B2N2O2S2. The van der Waals surface area contributed by atoms with Gasteiger partial charge in [0.2, 0.25) is 0 Å². The van der Waals surface area contributed by atoms with Gasteiger partial charge in [0.25, 0.3) is 13.4 Å². The number of anilines is 6. The first-order chi connectivity index (χ1) is 36.7. The number of hydrogen-bond acceptors (Lipinski definition) is 6. The maximum absolute atomic E-state index is 7.35. The van der Waals surface area contributed by atoms with Crippen LogP contribution in [0.15, 0.2) is 262 Å². The molecule has 12 aromatic carbocycles. The molecule has 0 aromatic heterocycles. The summed E-state index contributed by atoms with van der Waals surface area (Å²) in [6.45, 7) is -0.0308. The van der Waals surface area contributed by atoms with E-state index in [0.29, 0.717) is 0 Å². The monoisotopic (exact) mass is 978 g/mol. The van der Waals surface area contributed by atoms with E-state index in [2.05, 4.69) is 252 Å². The van der Waals surface area contributed by atoms with Crippen molar-refractivity contribution < 1.29 is 9.47 Å². The lowest BCUT2D eigenvalue weighted by Crippen LogP contribution is -2.57. The molecule has 344 valence electrons. The van der Waals surface area contributed by atoms with Crippen LogP contribution in [0.25, 0.3) is 32.3 Å². The summed E-state index contributed by atoms with van der Waals surface area (Å²) in [5.74, 6) is 3.52. The average Bonchev–Trinajstić information content (AvgIpc) is 3.53. The molecule has 12 aromatic rings. The maximum Gasteiger partial charge on any atom is 0.253 e. The van der Waals surface area contributed by atoms with Crippen molar-refractivity contribution >= 4 is 136 Å². The second-order valence-electron chi connectivity index (χ2n) is 19.5. The Hall–Kier alpha value is -8.55. The largest absolute Gasteiger partial charge is 0.458 e. The number of fused-ring (bicyclic) bond motifs is 14. The van der Waals surface area contributed by atoms with E-state index >= 15 is 0 Å². The standard InChI is InChI=1S/C66H40B2N2O2S2/c1-5-19-41(20-6-1)69(42-21-7-2-8-22-42)45-33-59-65-63(35-45)73-61-31-17-15-29-53(61)67(65)55-37-49-47-27-13-14-28-48(47)50-38-56-58(40-52(50)51(49)39-57(55)71-59)72-60-34-46(36-64-66(60)68(56)54-30-16-18-32-62(54)74-64)70(43-23-9-3-10-24-43)44-25-11-4-12-26-44/h1-40H. The van der Waals surface area contributed by atoms with Crippen molar-refractivity contribution in [3.05, 3.63) is 243 Å². The number of para-hydroxylation sites is 4. The van der Waals surface area contributed by atoms with Crippen LogP contribution in [0.4, 0.5) is 34.1 Å². The van der Waals surface area contributed by atoms with Crippen molar-refractivity contribution in [2.45, 2.75) is 19.6 Å². The summed E-state index contributed by atoms with van der Waals surface area (Å²) in [6, 6.07) is 88.2. The van der Waals surface area contributed by atoms with E-state index in [1.807, 2.05) is 23.5 Å². The second kappa shape index (κ2) is 16.5. The first kappa shape index (κ1) is 42.0. The quantitative estimate of drug-likeness (QED) is 0.122. The van der Waals surface area contributed by atoms with Gasteiger partial charge in [-0.05, 0) is 139 Å². The van der Waals surface area contributed by atoms with E-state index in [4.69, 9.17) is 9.47 Å². The van der Waals surface area contributed by atoms with Gasteiger partial charge in [0.1, 0.15) is 23.0 Å². The summed E-state index contributed by atoms with van der Waals surface area (Å²) in [5, 5.41) is 7.13. The summed E-state index contributed by atoms with van der Waals surface area (Å²) < 4.78 is 14.7. The zero-order valence-corrected chi connectivity index (χ0v) is 41.4. The number of ether oxygens (including phenoxy) is 2. The zero-order chi connectivity index (χ0) is 48.4. The molecule has 4 nitrogen and oxygen atoms in total. The Kier molecular flexibility index (Phi) is 9.36. The lowest BCUT2D eigenvalue weighted by molar-refractivity contribution is 0.486. The van der Waals surface area contributed by atoms with Gasteiger partial charge in [-0.1, -0.05) is 180 Å². The lowest BCUT2D eigenvalue weighted by Gasteiger charge is -2.35. The Labute approximate surface area is 438 Å². The Bertz CT molecular complexity index is 3940. The number of nitrogens with zero attached hydrogens (tertiary/aromatic N) is 2. The van der Waals surface area contributed by atoms with Crippen LogP contribution in [0.5, 0.6) is 23.0 Å². The van der Waals surface area contributed by atoms with Crippen molar-refractivity contribution in [3.63, 3.8) is 0 Å². The summed E-state index contributed by atoms with van der Waals surface area (Å²) >= 11 is 3.68. The van der Waals surface area contributed by atoms with Gasteiger partial charge in [0.15, 0.2) is 0 Å². The molecule has 0 bridgehead atoms.